The quantitative estimate of drug-likeness (QED) is 0.189. The summed E-state index contributed by atoms with van der Waals surface area (Å²) in [5.41, 5.74) is 0. The lowest BCUT2D eigenvalue weighted by atomic mass is 10.2. The maximum absolute atomic E-state index is 12.2. The molecule has 1 fully saturated rings. The molecule has 0 bridgehead atoms. The standard InChI is InChI=1S/C19H28N6O3S.HI/c1-20-19(22-9-10-24-29(26,27)16-6-4-8-21-14-16)23-15-17(18-7-5-13-28-18)25-11-2-3-12-25;/h4-8,13-14,17,24H,2-3,9-12,15H2,1H3,(H2,20,22,23);1H. The summed E-state index contributed by atoms with van der Waals surface area (Å²) in [7, 11) is -1.88. The van der Waals surface area contributed by atoms with E-state index in [-0.39, 0.29) is 41.5 Å². The second-order valence-corrected chi connectivity index (χ2v) is 8.51. The summed E-state index contributed by atoms with van der Waals surface area (Å²) in [6.07, 6.45) is 6.94. The van der Waals surface area contributed by atoms with Gasteiger partial charge in [-0.25, -0.2) is 13.1 Å². The van der Waals surface area contributed by atoms with Gasteiger partial charge in [0.05, 0.1) is 12.3 Å². The molecule has 0 aromatic carbocycles. The molecule has 1 aliphatic rings. The van der Waals surface area contributed by atoms with Gasteiger partial charge >= 0.3 is 0 Å². The minimum atomic E-state index is -3.56. The molecule has 2 aromatic rings. The Labute approximate surface area is 194 Å². The van der Waals surface area contributed by atoms with Crippen LogP contribution in [0, 0.1) is 0 Å². The average molecular weight is 548 g/mol. The van der Waals surface area contributed by atoms with E-state index in [0.717, 1.165) is 18.8 Å². The zero-order chi connectivity index (χ0) is 20.5. The molecule has 0 radical (unpaired) electrons. The van der Waals surface area contributed by atoms with Crippen LogP contribution in [0.1, 0.15) is 24.6 Å². The fourth-order valence-electron chi connectivity index (χ4n) is 3.31. The van der Waals surface area contributed by atoms with Crippen LogP contribution < -0.4 is 15.4 Å². The SMILES string of the molecule is CN=C(NCCNS(=O)(=O)c1cccnc1)NCC(c1ccco1)N1CCCC1.I. The van der Waals surface area contributed by atoms with Crippen molar-refractivity contribution in [1.82, 2.24) is 25.2 Å². The van der Waals surface area contributed by atoms with Gasteiger partial charge in [-0.2, -0.15) is 0 Å². The van der Waals surface area contributed by atoms with Gasteiger partial charge in [-0.15, -0.1) is 24.0 Å². The van der Waals surface area contributed by atoms with Crippen LogP contribution in [-0.2, 0) is 10.0 Å². The Hall–Kier alpha value is -1.70. The molecule has 11 heteroatoms. The Morgan fingerprint density at radius 1 is 1.23 bits per heavy atom. The molecule has 0 spiro atoms. The average Bonchev–Trinajstić information content (AvgIpc) is 3.45. The Balaban J connectivity index is 0.00000320. The number of halogens is 1. The second-order valence-electron chi connectivity index (χ2n) is 6.74. The summed E-state index contributed by atoms with van der Waals surface area (Å²) >= 11 is 0. The molecular weight excluding hydrogens is 519 g/mol. The summed E-state index contributed by atoms with van der Waals surface area (Å²) in [6.45, 7) is 3.37. The zero-order valence-corrected chi connectivity index (χ0v) is 20.1. The number of nitrogens with zero attached hydrogens (tertiary/aromatic N) is 3. The van der Waals surface area contributed by atoms with Crippen LogP contribution in [-0.4, -0.2) is 64.0 Å². The molecule has 1 aliphatic heterocycles. The van der Waals surface area contributed by atoms with Crippen molar-refractivity contribution in [1.29, 1.82) is 0 Å². The highest BCUT2D eigenvalue weighted by Gasteiger charge is 2.25. The lowest BCUT2D eigenvalue weighted by molar-refractivity contribution is 0.215. The van der Waals surface area contributed by atoms with E-state index < -0.39 is 10.0 Å². The van der Waals surface area contributed by atoms with E-state index in [1.807, 2.05) is 12.1 Å². The molecule has 30 heavy (non-hydrogen) atoms. The Bertz CT molecular complexity index is 871. The molecule has 1 saturated heterocycles. The molecule has 166 valence electrons. The van der Waals surface area contributed by atoms with Gasteiger partial charge in [-0.05, 0) is 50.2 Å². The number of pyridine rings is 1. The van der Waals surface area contributed by atoms with E-state index in [9.17, 15) is 8.42 Å². The fraction of sp³-hybridized carbons (Fsp3) is 0.474. The monoisotopic (exact) mass is 548 g/mol. The number of furan rings is 1. The number of aromatic nitrogens is 1. The minimum absolute atomic E-state index is 0. The fourth-order valence-corrected chi connectivity index (χ4v) is 4.31. The normalized spacial score (nSPS) is 16.1. The predicted octanol–water partition coefficient (Wildman–Crippen LogP) is 1.57. The molecule has 2 aromatic heterocycles. The summed E-state index contributed by atoms with van der Waals surface area (Å²) < 4.78 is 32.6. The summed E-state index contributed by atoms with van der Waals surface area (Å²) in [5.74, 6) is 1.54. The first-order valence-corrected chi connectivity index (χ1v) is 11.2. The van der Waals surface area contributed by atoms with Crippen LogP contribution >= 0.6 is 24.0 Å². The van der Waals surface area contributed by atoms with Crippen LogP contribution in [0.15, 0.2) is 57.2 Å². The number of aliphatic imine (C=N–C) groups is 1. The number of rotatable bonds is 9. The third-order valence-corrected chi connectivity index (χ3v) is 6.24. The number of nitrogens with one attached hydrogen (secondary N) is 3. The third-order valence-electron chi connectivity index (χ3n) is 4.79. The maximum atomic E-state index is 12.2. The highest BCUT2D eigenvalue weighted by molar-refractivity contribution is 14.0. The molecule has 0 saturated carbocycles. The van der Waals surface area contributed by atoms with E-state index in [1.54, 1.807) is 19.4 Å². The van der Waals surface area contributed by atoms with Crippen LogP contribution in [0.3, 0.4) is 0 Å². The first kappa shape index (κ1) is 24.6. The van der Waals surface area contributed by atoms with Crippen LogP contribution in [0.4, 0.5) is 0 Å². The number of guanidine groups is 1. The van der Waals surface area contributed by atoms with Crippen molar-refractivity contribution in [2.75, 3.05) is 39.8 Å². The van der Waals surface area contributed by atoms with Gasteiger partial charge in [-0.3, -0.25) is 14.9 Å². The van der Waals surface area contributed by atoms with Crippen molar-refractivity contribution >= 4 is 40.0 Å². The van der Waals surface area contributed by atoms with E-state index >= 15 is 0 Å². The molecule has 9 nitrogen and oxygen atoms in total. The van der Waals surface area contributed by atoms with Gasteiger partial charge < -0.3 is 15.1 Å². The molecule has 1 unspecified atom stereocenters. The number of sulfonamides is 1. The van der Waals surface area contributed by atoms with Crippen molar-refractivity contribution in [3.05, 3.63) is 48.7 Å². The minimum Gasteiger partial charge on any atom is -0.468 e. The van der Waals surface area contributed by atoms with E-state index in [0.29, 0.717) is 19.0 Å². The highest BCUT2D eigenvalue weighted by Crippen LogP contribution is 2.24. The van der Waals surface area contributed by atoms with Gasteiger partial charge in [0.1, 0.15) is 10.7 Å². The Morgan fingerprint density at radius 3 is 2.67 bits per heavy atom. The molecule has 3 heterocycles. The Kier molecular flexibility index (Phi) is 10.0. The van der Waals surface area contributed by atoms with E-state index in [1.165, 1.54) is 31.3 Å². The summed E-state index contributed by atoms with van der Waals surface area (Å²) in [4.78, 5) is 10.6. The molecule has 3 rings (SSSR count). The number of hydrogen-bond acceptors (Lipinski definition) is 6. The molecule has 3 N–H and O–H groups in total. The Morgan fingerprint density at radius 2 is 2.03 bits per heavy atom. The highest BCUT2D eigenvalue weighted by atomic mass is 127. The molecule has 1 atom stereocenters. The van der Waals surface area contributed by atoms with Crippen LogP contribution in [0.5, 0.6) is 0 Å². The smallest absolute Gasteiger partial charge is 0.242 e. The zero-order valence-electron chi connectivity index (χ0n) is 17.0. The van der Waals surface area contributed by atoms with Crippen LogP contribution in [0.25, 0.3) is 0 Å². The van der Waals surface area contributed by atoms with Crippen molar-refractivity contribution in [2.45, 2.75) is 23.8 Å². The van der Waals surface area contributed by atoms with Gasteiger partial charge in [0.15, 0.2) is 5.96 Å². The largest absolute Gasteiger partial charge is 0.468 e. The first-order chi connectivity index (χ1) is 14.1. The number of hydrogen-bond donors (Lipinski definition) is 3. The third kappa shape index (κ3) is 6.93. The summed E-state index contributed by atoms with van der Waals surface area (Å²) in [6, 6.07) is 7.13. The van der Waals surface area contributed by atoms with Crippen molar-refractivity contribution in [3.63, 3.8) is 0 Å². The van der Waals surface area contributed by atoms with Gasteiger partial charge in [0, 0.05) is 39.1 Å². The van der Waals surface area contributed by atoms with Crippen molar-refractivity contribution < 1.29 is 12.8 Å². The lowest BCUT2D eigenvalue weighted by Crippen LogP contribution is -2.44. The van der Waals surface area contributed by atoms with Gasteiger partial charge in [0.25, 0.3) is 0 Å². The number of likely N-dealkylation sites (tertiary alicyclic amines) is 1. The van der Waals surface area contributed by atoms with E-state index in [4.69, 9.17) is 4.42 Å². The van der Waals surface area contributed by atoms with Gasteiger partial charge in [-0.1, -0.05) is 0 Å². The lowest BCUT2D eigenvalue weighted by Gasteiger charge is -2.26. The molecular formula is C19H29IN6O3S. The van der Waals surface area contributed by atoms with Crippen molar-refractivity contribution in [2.24, 2.45) is 4.99 Å². The first-order valence-electron chi connectivity index (χ1n) is 9.72. The van der Waals surface area contributed by atoms with Crippen molar-refractivity contribution in [3.8, 4) is 0 Å². The second kappa shape index (κ2) is 12.2. The maximum Gasteiger partial charge on any atom is 0.242 e. The summed E-state index contributed by atoms with van der Waals surface area (Å²) in [5, 5.41) is 6.45. The van der Waals surface area contributed by atoms with E-state index in [2.05, 4.69) is 30.2 Å². The molecule has 0 amide bonds. The van der Waals surface area contributed by atoms with Gasteiger partial charge in [0.2, 0.25) is 10.0 Å². The van der Waals surface area contributed by atoms with Crippen LogP contribution in [0.2, 0.25) is 0 Å². The topological polar surface area (TPSA) is 112 Å². The molecule has 0 aliphatic carbocycles. The predicted molar refractivity (Wildman–Crippen MR) is 126 cm³/mol.